The molecule has 0 unspecified atom stereocenters. The normalized spacial score (nSPS) is 12.2. The molecule has 0 bridgehead atoms. The van der Waals surface area contributed by atoms with E-state index in [1.807, 2.05) is 29.8 Å². The number of ether oxygens (including phenoxy) is 1. The number of nitrogens with zero attached hydrogens (tertiary/aromatic N) is 4. The van der Waals surface area contributed by atoms with E-state index in [9.17, 15) is 10.1 Å². The molecule has 0 saturated carbocycles. The predicted molar refractivity (Wildman–Crippen MR) is 101 cm³/mol. The molecule has 0 spiro atoms. The second-order valence-electron chi connectivity index (χ2n) is 5.09. The van der Waals surface area contributed by atoms with Crippen LogP contribution in [0.5, 0.6) is 5.75 Å². The number of halogens is 1. The topological polar surface area (TPSA) is 82.0 Å². The molecule has 1 heterocycles. The molecule has 0 atom stereocenters. The maximum atomic E-state index is 11.0. The van der Waals surface area contributed by atoms with Crippen molar-refractivity contribution in [1.82, 2.24) is 4.57 Å². The fourth-order valence-electron chi connectivity index (χ4n) is 2.23. The van der Waals surface area contributed by atoms with Crippen LogP contribution in [-0.2, 0) is 7.05 Å². The van der Waals surface area contributed by atoms with Crippen LogP contribution in [-0.4, -0.2) is 22.8 Å². The molecule has 3 rings (SSSR count). The minimum atomic E-state index is -0.446. The number of methoxy groups -OCH3 is 1. The Labute approximate surface area is 155 Å². The standard InChI is InChI=1S/C16H13BrN4O3S/c1-20-13-6-4-11(24-2)8-15(13)25-16(20)19-18-9-10-3-5-12(17)14(7-10)21(22)23/h3-9H,1-2H3/b18-9+,19-16+. The molecule has 0 aliphatic rings. The molecule has 0 saturated heterocycles. The summed E-state index contributed by atoms with van der Waals surface area (Å²) in [4.78, 5) is 11.2. The molecule has 25 heavy (non-hydrogen) atoms. The van der Waals surface area contributed by atoms with Crippen LogP contribution in [0.4, 0.5) is 5.69 Å². The Bertz CT molecular complexity index is 1060. The number of fused-ring (bicyclic) bond motifs is 1. The van der Waals surface area contributed by atoms with Crippen LogP contribution in [0.1, 0.15) is 5.56 Å². The number of aryl methyl sites for hydroxylation is 1. The first-order valence-corrected chi connectivity index (χ1v) is 8.75. The summed E-state index contributed by atoms with van der Waals surface area (Å²) >= 11 is 4.64. The van der Waals surface area contributed by atoms with E-state index in [4.69, 9.17) is 4.74 Å². The summed E-state index contributed by atoms with van der Waals surface area (Å²) in [7, 11) is 3.53. The highest BCUT2D eigenvalue weighted by atomic mass is 79.9. The Morgan fingerprint density at radius 2 is 2.12 bits per heavy atom. The van der Waals surface area contributed by atoms with Gasteiger partial charge < -0.3 is 9.30 Å². The van der Waals surface area contributed by atoms with E-state index in [0.717, 1.165) is 16.0 Å². The molecule has 0 aliphatic heterocycles. The van der Waals surface area contributed by atoms with Gasteiger partial charge in [0, 0.05) is 18.7 Å². The summed E-state index contributed by atoms with van der Waals surface area (Å²) in [5.74, 6) is 0.784. The van der Waals surface area contributed by atoms with Gasteiger partial charge in [0.2, 0.25) is 4.80 Å². The van der Waals surface area contributed by atoms with E-state index in [2.05, 4.69) is 26.1 Å². The van der Waals surface area contributed by atoms with Gasteiger partial charge in [0.1, 0.15) is 5.75 Å². The zero-order chi connectivity index (χ0) is 18.0. The zero-order valence-corrected chi connectivity index (χ0v) is 15.7. The van der Waals surface area contributed by atoms with E-state index in [1.165, 1.54) is 23.6 Å². The monoisotopic (exact) mass is 420 g/mol. The van der Waals surface area contributed by atoms with E-state index < -0.39 is 4.92 Å². The molecule has 0 radical (unpaired) electrons. The van der Waals surface area contributed by atoms with E-state index in [0.29, 0.717) is 14.8 Å². The Balaban J connectivity index is 1.95. The summed E-state index contributed by atoms with van der Waals surface area (Å²) in [6, 6.07) is 10.6. The van der Waals surface area contributed by atoms with E-state index in [1.54, 1.807) is 19.2 Å². The van der Waals surface area contributed by atoms with Gasteiger partial charge in [-0.15, -0.1) is 5.10 Å². The van der Waals surface area contributed by atoms with Gasteiger partial charge in [-0.05, 0) is 40.2 Å². The number of hydrogen-bond acceptors (Lipinski definition) is 6. The third kappa shape index (κ3) is 3.62. The first-order chi connectivity index (χ1) is 12.0. The predicted octanol–water partition coefficient (Wildman–Crippen LogP) is 3.85. The van der Waals surface area contributed by atoms with Gasteiger partial charge in [0.15, 0.2) is 0 Å². The highest BCUT2D eigenvalue weighted by molar-refractivity contribution is 9.10. The molecule has 2 aromatic carbocycles. The van der Waals surface area contributed by atoms with Crippen LogP contribution < -0.4 is 9.54 Å². The van der Waals surface area contributed by atoms with Crippen molar-refractivity contribution >= 4 is 49.4 Å². The average molecular weight is 421 g/mol. The minimum absolute atomic E-state index is 0.0107. The van der Waals surface area contributed by atoms with Gasteiger partial charge in [-0.2, -0.15) is 5.10 Å². The summed E-state index contributed by atoms with van der Waals surface area (Å²) in [5.41, 5.74) is 1.62. The summed E-state index contributed by atoms with van der Waals surface area (Å²) in [5, 5.41) is 19.2. The Morgan fingerprint density at radius 1 is 1.32 bits per heavy atom. The van der Waals surface area contributed by atoms with Gasteiger partial charge in [-0.1, -0.05) is 17.4 Å². The van der Waals surface area contributed by atoms with Crippen molar-refractivity contribution in [3.63, 3.8) is 0 Å². The van der Waals surface area contributed by atoms with Crippen molar-refractivity contribution in [3.05, 3.63) is 61.4 Å². The molecular formula is C16H13BrN4O3S. The maximum Gasteiger partial charge on any atom is 0.284 e. The fourth-order valence-corrected chi connectivity index (χ4v) is 3.63. The molecule has 128 valence electrons. The molecule has 9 heteroatoms. The molecule has 1 aromatic heterocycles. The number of thiazole rings is 1. The van der Waals surface area contributed by atoms with Crippen molar-refractivity contribution in [1.29, 1.82) is 0 Å². The van der Waals surface area contributed by atoms with Gasteiger partial charge >= 0.3 is 0 Å². The molecule has 0 amide bonds. The molecule has 0 aliphatic carbocycles. The number of benzene rings is 2. The lowest BCUT2D eigenvalue weighted by Crippen LogP contribution is -2.08. The molecule has 3 aromatic rings. The van der Waals surface area contributed by atoms with Gasteiger partial charge in [-0.3, -0.25) is 10.1 Å². The lowest BCUT2D eigenvalue weighted by Gasteiger charge is -1.99. The van der Waals surface area contributed by atoms with Crippen LogP contribution in [0.3, 0.4) is 0 Å². The smallest absolute Gasteiger partial charge is 0.284 e. The summed E-state index contributed by atoms with van der Waals surface area (Å²) in [6.07, 6.45) is 1.49. The van der Waals surface area contributed by atoms with Crippen molar-refractivity contribution in [2.24, 2.45) is 17.3 Å². The quantitative estimate of drug-likeness (QED) is 0.365. The lowest BCUT2D eigenvalue weighted by molar-refractivity contribution is -0.385. The van der Waals surface area contributed by atoms with Crippen LogP contribution in [0.25, 0.3) is 10.2 Å². The second kappa shape index (κ2) is 7.16. The summed E-state index contributed by atoms with van der Waals surface area (Å²) in [6.45, 7) is 0. The van der Waals surface area contributed by atoms with Gasteiger partial charge in [0.25, 0.3) is 5.69 Å². The molecule has 0 fully saturated rings. The van der Waals surface area contributed by atoms with Crippen LogP contribution in [0.2, 0.25) is 0 Å². The fraction of sp³-hybridized carbons (Fsp3) is 0.125. The van der Waals surface area contributed by atoms with Crippen LogP contribution in [0, 0.1) is 10.1 Å². The van der Waals surface area contributed by atoms with Crippen molar-refractivity contribution in [2.75, 3.05) is 7.11 Å². The summed E-state index contributed by atoms with van der Waals surface area (Å²) < 4.78 is 8.62. The first-order valence-electron chi connectivity index (χ1n) is 7.14. The van der Waals surface area contributed by atoms with Crippen molar-refractivity contribution in [2.45, 2.75) is 0 Å². The Kier molecular flexibility index (Phi) is 4.95. The molecular weight excluding hydrogens is 408 g/mol. The van der Waals surface area contributed by atoms with E-state index in [-0.39, 0.29) is 5.69 Å². The number of hydrogen-bond donors (Lipinski definition) is 0. The van der Waals surface area contributed by atoms with Crippen LogP contribution in [0.15, 0.2) is 51.1 Å². The van der Waals surface area contributed by atoms with Gasteiger partial charge in [-0.25, -0.2) is 0 Å². The molecule has 7 nitrogen and oxygen atoms in total. The Morgan fingerprint density at radius 3 is 2.84 bits per heavy atom. The minimum Gasteiger partial charge on any atom is -0.497 e. The number of nitro groups is 1. The number of nitro benzene ring substituents is 1. The third-order valence-corrected chi connectivity index (χ3v) is 5.29. The van der Waals surface area contributed by atoms with Crippen LogP contribution >= 0.6 is 27.3 Å². The zero-order valence-electron chi connectivity index (χ0n) is 13.3. The third-order valence-electron chi connectivity index (χ3n) is 3.53. The highest BCUT2D eigenvalue weighted by Crippen LogP contribution is 2.25. The number of aromatic nitrogens is 1. The Hall–Kier alpha value is -2.52. The van der Waals surface area contributed by atoms with Crippen molar-refractivity contribution in [3.8, 4) is 5.75 Å². The first kappa shape index (κ1) is 17.3. The van der Waals surface area contributed by atoms with Crippen molar-refractivity contribution < 1.29 is 9.66 Å². The second-order valence-corrected chi connectivity index (χ2v) is 6.95. The number of rotatable bonds is 4. The average Bonchev–Trinajstić information content (AvgIpc) is 2.91. The lowest BCUT2D eigenvalue weighted by atomic mass is 10.2. The SMILES string of the molecule is COc1ccc2c(c1)s/c(=N/N=C/c1ccc(Br)c([N+](=O)[O-])c1)n2C. The largest absolute Gasteiger partial charge is 0.497 e. The highest BCUT2D eigenvalue weighted by Gasteiger charge is 2.11. The van der Waals surface area contributed by atoms with E-state index >= 15 is 0 Å². The maximum absolute atomic E-state index is 11.0. The molecule has 0 N–H and O–H groups in total. The van der Waals surface area contributed by atoms with Gasteiger partial charge in [0.05, 0.1) is 32.9 Å².